The highest BCUT2D eigenvalue weighted by Gasteiger charge is 2.58. The first-order chi connectivity index (χ1) is 15.5. The van der Waals surface area contributed by atoms with E-state index in [1.165, 1.54) is 10.5 Å². The lowest BCUT2D eigenvalue weighted by Gasteiger charge is -2.26. The van der Waals surface area contributed by atoms with E-state index in [0.717, 1.165) is 25.5 Å². The van der Waals surface area contributed by atoms with E-state index in [9.17, 15) is 9.59 Å². The van der Waals surface area contributed by atoms with Crippen LogP contribution in [0.1, 0.15) is 25.3 Å². The van der Waals surface area contributed by atoms with Crippen LogP contribution in [-0.2, 0) is 16.1 Å². The molecule has 2 N–H and O–H groups in total. The Morgan fingerprint density at radius 2 is 1.78 bits per heavy atom. The number of amides is 2. The summed E-state index contributed by atoms with van der Waals surface area (Å²) in [6.07, 6.45) is 5.96. The molecule has 1 saturated carbocycles. The summed E-state index contributed by atoms with van der Waals surface area (Å²) in [4.78, 5) is 33.6. The Labute approximate surface area is 190 Å². The zero-order valence-electron chi connectivity index (χ0n) is 19.3. The minimum absolute atomic E-state index is 0.0367. The Balaban J connectivity index is 1.16. The molecule has 5 atom stereocenters. The second kappa shape index (κ2) is 9.86. The van der Waals surface area contributed by atoms with Crippen LogP contribution < -0.4 is 10.6 Å². The van der Waals surface area contributed by atoms with Crippen LogP contribution in [0, 0.1) is 23.7 Å². The van der Waals surface area contributed by atoms with Gasteiger partial charge in [-0.05, 0) is 44.2 Å². The van der Waals surface area contributed by atoms with Crippen molar-refractivity contribution < 1.29 is 9.59 Å². The highest BCUT2D eigenvalue weighted by atomic mass is 16.2. The van der Waals surface area contributed by atoms with Crippen molar-refractivity contribution in [2.75, 3.05) is 33.7 Å². The highest BCUT2D eigenvalue weighted by Crippen LogP contribution is 2.52. The molecule has 172 valence electrons. The topological polar surface area (TPSA) is 77.0 Å². The lowest BCUT2D eigenvalue weighted by molar-refractivity contribution is -0.140. The molecular formula is C25H35N5O2. The first kappa shape index (κ1) is 22.5. The van der Waals surface area contributed by atoms with Gasteiger partial charge in [-0.3, -0.25) is 24.4 Å². The fourth-order valence-corrected chi connectivity index (χ4v) is 5.28. The van der Waals surface area contributed by atoms with Crippen molar-refractivity contribution in [3.8, 4) is 0 Å². The second-order valence-corrected chi connectivity index (χ2v) is 9.31. The average Bonchev–Trinajstić information content (AvgIpc) is 3.48. The third-order valence-corrected chi connectivity index (χ3v) is 7.23. The van der Waals surface area contributed by atoms with E-state index < -0.39 is 0 Å². The number of aliphatic imine (C=N–C) groups is 1. The molecule has 2 aliphatic carbocycles. The van der Waals surface area contributed by atoms with Crippen LogP contribution in [0.2, 0.25) is 0 Å². The molecule has 5 unspecified atom stereocenters. The molecule has 7 heteroatoms. The summed E-state index contributed by atoms with van der Waals surface area (Å²) < 4.78 is 0. The van der Waals surface area contributed by atoms with Crippen LogP contribution in [-0.4, -0.2) is 67.3 Å². The predicted molar refractivity (Wildman–Crippen MR) is 126 cm³/mol. The third kappa shape index (κ3) is 4.58. The van der Waals surface area contributed by atoms with Crippen molar-refractivity contribution in [2.45, 2.75) is 32.4 Å². The fourth-order valence-electron chi connectivity index (χ4n) is 5.28. The van der Waals surface area contributed by atoms with Gasteiger partial charge in [-0.25, -0.2) is 0 Å². The minimum atomic E-state index is -0.103. The predicted octanol–water partition coefficient (Wildman–Crippen LogP) is 1.87. The number of fused-ring (bicyclic) bond motifs is 5. The minimum Gasteiger partial charge on any atom is -0.356 e. The molecule has 1 saturated heterocycles. The molecule has 0 aromatic heterocycles. The van der Waals surface area contributed by atoms with E-state index in [0.29, 0.717) is 25.6 Å². The Hall–Kier alpha value is -2.67. The van der Waals surface area contributed by atoms with Gasteiger partial charge in [-0.15, -0.1) is 0 Å². The SMILES string of the molecule is CN=C(NCCCN1C(=O)C2C3C=CC(C3)C2C1=O)NCC(C)N(C)Cc1ccccc1. The van der Waals surface area contributed by atoms with Crippen LogP contribution >= 0.6 is 0 Å². The smallest absolute Gasteiger partial charge is 0.233 e. The number of likely N-dealkylation sites (tertiary alicyclic amines) is 1. The maximum absolute atomic E-state index is 12.8. The first-order valence-electron chi connectivity index (χ1n) is 11.7. The van der Waals surface area contributed by atoms with Crippen molar-refractivity contribution >= 4 is 17.8 Å². The zero-order valence-corrected chi connectivity index (χ0v) is 19.3. The number of carbonyl (C=O) groups excluding carboxylic acids is 2. The molecule has 0 spiro atoms. The van der Waals surface area contributed by atoms with Crippen molar-refractivity contribution in [2.24, 2.45) is 28.7 Å². The van der Waals surface area contributed by atoms with Gasteiger partial charge in [0.05, 0.1) is 11.8 Å². The van der Waals surface area contributed by atoms with Gasteiger partial charge in [0.1, 0.15) is 0 Å². The fraction of sp³-hybridized carbons (Fsp3) is 0.560. The van der Waals surface area contributed by atoms with Crippen LogP contribution in [0.15, 0.2) is 47.5 Å². The van der Waals surface area contributed by atoms with E-state index in [1.54, 1.807) is 7.05 Å². The highest BCUT2D eigenvalue weighted by molar-refractivity contribution is 6.06. The van der Waals surface area contributed by atoms with Gasteiger partial charge >= 0.3 is 0 Å². The van der Waals surface area contributed by atoms with Gasteiger partial charge in [0, 0.05) is 39.3 Å². The van der Waals surface area contributed by atoms with Crippen molar-refractivity contribution in [1.82, 2.24) is 20.4 Å². The molecule has 2 fully saturated rings. The molecular weight excluding hydrogens is 402 g/mol. The molecule has 2 bridgehead atoms. The summed E-state index contributed by atoms with van der Waals surface area (Å²) in [5.74, 6) is 1.15. The number of hydrogen-bond acceptors (Lipinski definition) is 4. The number of nitrogens with one attached hydrogen (secondary N) is 2. The summed E-state index contributed by atoms with van der Waals surface area (Å²) in [5, 5.41) is 6.68. The molecule has 1 aromatic rings. The first-order valence-corrected chi connectivity index (χ1v) is 11.7. The van der Waals surface area contributed by atoms with E-state index >= 15 is 0 Å². The van der Waals surface area contributed by atoms with E-state index in [2.05, 4.69) is 70.9 Å². The molecule has 32 heavy (non-hydrogen) atoms. The monoisotopic (exact) mass is 437 g/mol. The van der Waals surface area contributed by atoms with E-state index in [4.69, 9.17) is 0 Å². The van der Waals surface area contributed by atoms with Gasteiger partial charge < -0.3 is 10.6 Å². The van der Waals surface area contributed by atoms with Gasteiger partial charge in [0.25, 0.3) is 0 Å². The van der Waals surface area contributed by atoms with E-state index in [1.807, 2.05) is 6.07 Å². The van der Waals surface area contributed by atoms with Gasteiger partial charge in [-0.1, -0.05) is 42.5 Å². The molecule has 4 rings (SSSR count). The molecule has 1 aromatic carbocycles. The van der Waals surface area contributed by atoms with E-state index in [-0.39, 0.29) is 35.5 Å². The molecule has 1 aliphatic heterocycles. The van der Waals surface area contributed by atoms with Crippen LogP contribution in [0.25, 0.3) is 0 Å². The van der Waals surface area contributed by atoms with Crippen LogP contribution in [0.4, 0.5) is 0 Å². The van der Waals surface area contributed by atoms with Crippen molar-refractivity contribution in [1.29, 1.82) is 0 Å². The normalized spacial score (nSPS) is 27.4. The molecule has 7 nitrogen and oxygen atoms in total. The van der Waals surface area contributed by atoms with Crippen LogP contribution in [0.5, 0.6) is 0 Å². The maximum Gasteiger partial charge on any atom is 0.233 e. The lowest BCUT2D eigenvalue weighted by atomic mass is 9.85. The van der Waals surface area contributed by atoms with Crippen LogP contribution in [0.3, 0.4) is 0 Å². The standard InChI is InChI=1S/C25H35N5O2/c1-17(29(3)16-18-8-5-4-6-9-18)15-28-25(26-2)27-12-7-13-30-23(31)21-19-10-11-20(14-19)22(21)24(30)32/h4-6,8-11,17,19-22H,7,12-16H2,1-3H3,(H2,26,27,28). The average molecular weight is 438 g/mol. The Kier molecular flexibility index (Phi) is 6.94. The number of likely N-dealkylation sites (N-methyl/N-ethyl adjacent to an activating group) is 1. The van der Waals surface area contributed by atoms with Crippen molar-refractivity contribution in [3.05, 3.63) is 48.0 Å². The number of hydrogen-bond donors (Lipinski definition) is 2. The van der Waals surface area contributed by atoms with Gasteiger partial charge in [0.2, 0.25) is 11.8 Å². The number of nitrogens with zero attached hydrogens (tertiary/aromatic N) is 3. The number of allylic oxidation sites excluding steroid dienone is 2. The molecule has 0 radical (unpaired) electrons. The Morgan fingerprint density at radius 1 is 1.12 bits per heavy atom. The summed E-state index contributed by atoms with van der Waals surface area (Å²) in [7, 11) is 3.88. The molecule has 1 heterocycles. The summed E-state index contributed by atoms with van der Waals surface area (Å²) in [6, 6.07) is 10.8. The lowest BCUT2D eigenvalue weighted by Crippen LogP contribution is -2.45. The number of guanidine groups is 1. The Morgan fingerprint density at radius 3 is 2.41 bits per heavy atom. The summed E-state index contributed by atoms with van der Waals surface area (Å²) in [6.45, 7) is 4.99. The summed E-state index contributed by atoms with van der Waals surface area (Å²) in [5.41, 5.74) is 1.29. The van der Waals surface area contributed by atoms with Gasteiger partial charge in [0.15, 0.2) is 5.96 Å². The number of carbonyl (C=O) groups is 2. The maximum atomic E-state index is 12.8. The number of benzene rings is 1. The largest absolute Gasteiger partial charge is 0.356 e. The number of rotatable bonds is 9. The Bertz CT molecular complexity index is 854. The van der Waals surface area contributed by atoms with Crippen molar-refractivity contribution in [3.63, 3.8) is 0 Å². The third-order valence-electron chi connectivity index (χ3n) is 7.23. The second-order valence-electron chi connectivity index (χ2n) is 9.31. The van der Waals surface area contributed by atoms with Gasteiger partial charge in [-0.2, -0.15) is 0 Å². The zero-order chi connectivity index (χ0) is 22.7. The number of imide groups is 1. The molecule has 2 amide bonds. The quantitative estimate of drug-likeness (QED) is 0.203. The summed E-state index contributed by atoms with van der Waals surface area (Å²) >= 11 is 0. The molecule has 3 aliphatic rings.